The molecule has 0 amide bonds. The molecule has 0 saturated carbocycles. The Morgan fingerprint density at radius 2 is 2.21 bits per heavy atom. The lowest BCUT2D eigenvalue weighted by molar-refractivity contribution is 0.00391. The fraction of sp³-hybridized carbons (Fsp3) is 0.571. The minimum absolute atomic E-state index is 0.0145. The van der Waals surface area contributed by atoms with Gasteiger partial charge in [0, 0.05) is 25.7 Å². The van der Waals surface area contributed by atoms with Gasteiger partial charge in [-0.15, -0.1) is 0 Å². The zero-order valence-electron chi connectivity index (χ0n) is 11.3. The SMILES string of the molecule is CC(c1ccc(F)c(F)c1)N(C)CC1CNCCO1. The molecule has 0 bridgehead atoms. The molecule has 1 heterocycles. The third-order valence-corrected chi connectivity index (χ3v) is 3.58. The minimum atomic E-state index is -0.807. The maximum absolute atomic E-state index is 13.2. The molecular formula is C14H20F2N2O. The van der Waals surface area contributed by atoms with Crippen molar-refractivity contribution in [2.45, 2.75) is 19.1 Å². The largest absolute Gasteiger partial charge is 0.374 e. The first-order valence-corrected chi connectivity index (χ1v) is 6.55. The Hall–Kier alpha value is -1.04. The molecule has 1 aliphatic heterocycles. The molecule has 0 aliphatic carbocycles. The Morgan fingerprint density at radius 1 is 1.42 bits per heavy atom. The highest BCUT2D eigenvalue weighted by molar-refractivity contribution is 5.20. The Kier molecular flexibility index (Phi) is 4.85. The normalized spacial score (nSPS) is 21.6. The summed E-state index contributed by atoms with van der Waals surface area (Å²) in [6, 6.07) is 4.07. The number of halogens is 2. The fourth-order valence-corrected chi connectivity index (χ4v) is 2.24. The van der Waals surface area contributed by atoms with E-state index in [0.29, 0.717) is 0 Å². The molecule has 2 rings (SSSR count). The second kappa shape index (κ2) is 6.41. The van der Waals surface area contributed by atoms with Crippen LogP contribution in [-0.2, 0) is 4.74 Å². The van der Waals surface area contributed by atoms with Gasteiger partial charge in [-0.05, 0) is 31.7 Å². The summed E-state index contributed by atoms with van der Waals surface area (Å²) in [5, 5.41) is 3.27. The van der Waals surface area contributed by atoms with Crippen LogP contribution < -0.4 is 5.32 Å². The van der Waals surface area contributed by atoms with E-state index in [1.165, 1.54) is 12.1 Å². The van der Waals surface area contributed by atoms with E-state index >= 15 is 0 Å². The predicted molar refractivity (Wildman–Crippen MR) is 70.0 cm³/mol. The third kappa shape index (κ3) is 3.72. The van der Waals surface area contributed by atoms with E-state index in [1.807, 2.05) is 14.0 Å². The lowest BCUT2D eigenvalue weighted by Crippen LogP contribution is -2.44. The molecule has 2 unspecified atom stereocenters. The number of benzene rings is 1. The highest BCUT2D eigenvalue weighted by Gasteiger charge is 2.20. The van der Waals surface area contributed by atoms with Crippen LogP contribution in [0.5, 0.6) is 0 Å². The molecule has 19 heavy (non-hydrogen) atoms. The van der Waals surface area contributed by atoms with Gasteiger partial charge in [0.15, 0.2) is 11.6 Å². The Bertz CT molecular complexity index is 422. The molecule has 2 atom stereocenters. The number of ether oxygens (including phenoxy) is 1. The summed E-state index contributed by atoms with van der Waals surface area (Å²) in [5.41, 5.74) is 0.769. The van der Waals surface area contributed by atoms with Crippen molar-refractivity contribution in [1.82, 2.24) is 10.2 Å². The van der Waals surface area contributed by atoms with Gasteiger partial charge in [-0.1, -0.05) is 6.07 Å². The molecule has 1 aliphatic rings. The van der Waals surface area contributed by atoms with Crippen LogP contribution in [0.1, 0.15) is 18.5 Å². The number of hydrogen-bond donors (Lipinski definition) is 1. The summed E-state index contributed by atoms with van der Waals surface area (Å²) in [6.07, 6.45) is 0.145. The Labute approximate surface area is 112 Å². The van der Waals surface area contributed by atoms with Gasteiger partial charge in [0.25, 0.3) is 0 Å². The second-order valence-electron chi connectivity index (χ2n) is 4.99. The fourth-order valence-electron chi connectivity index (χ4n) is 2.24. The number of morpholine rings is 1. The van der Waals surface area contributed by atoms with Crippen LogP contribution in [-0.4, -0.2) is 44.3 Å². The molecule has 106 valence electrons. The second-order valence-corrected chi connectivity index (χ2v) is 4.99. The maximum atomic E-state index is 13.2. The average molecular weight is 270 g/mol. The highest BCUT2D eigenvalue weighted by Crippen LogP contribution is 2.21. The molecule has 1 N–H and O–H groups in total. The highest BCUT2D eigenvalue weighted by atomic mass is 19.2. The van der Waals surface area contributed by atoms with Crippen molar-refractivity contribution in [2.24, 2.45) is 0 Å². The number of nitrogens with zero attached hydrogens (tertiary/aromatic N) is 1. The zero-order chi connectivity index (χ0) is 13.8. The van der Waals surface area contributed by atoms with Crippen molar-refractivity contribution < 1.29 is 13.5 Å². The number of rotatable bonds is 4. The molecular weight excluding hydrogens is 250 g/mol. The summed E-state index contributed by atoms with van der Waals surface area (Å²) in [5.74, 6) is -1.60. The lowest BCUT2D eigenvalue weighted by Gasteiger charge is -2.31. The summed E-state index contributed by atoms with van der Waals surface area (Å²) < 4.78 is 31.8. The quantitative estimate of drug-likeness (QED) is 0.905. The van der Waals surface area contributed by atoms with Crippen LogP contribution in [0.2, 0.25) is 0 Å². The summed E-state index contributed by atoms with van der Waals surface area (Å²) in [4.78, 5) is 2.09. The van der Waals surface area contributed by atoms with E-state index in [1.54, 1.807) is 6.07 Å². The molecule has 1 saturated heterocycles. The van der Waals surface area contributed by atoms with Crippen molar-refractivity contribution in [3.63, 3.8) is 0 Å². The summed E-state index contributed by atoms with van der Waals surface area (Å²) >= 11 is 0. The molecule has 0 radical (unpaired) electrons. The minimum Gasteiger partial charge on any atom is -0.374 e. The first kappa shape index (κ1) is 14.4. The average Bonchev–Trinajstić information content (AvgIpc) is 2.42. The first-order valence-electron chi connectivity index (χ1n) is 6.55. The topological polar surface area (TPSA) is 24.5 Å². The molecule has 1 aromatic carbocycles. The van der Waals surface area contributed by atoms with Crippen molar-refractivity contribution in [2.75, 3.05) is 33.3 Å². The van der Waals surface area contributed by atoms with Crippen LogP contribution in [0, 0.1) is 11.6 Å². The number of nitrogens with one attached hydrogen (secondary N) is 1. The van der Waals surface area contributed by atoms with Gasteiger partial charge in [-0.25, -0.2) is 8.78 Å². The standard InChI is InChI=1S/C14H20F2N2O/c1-10(11-3-4-13(15)14(16)7-11)18(2)9-12-8-17-5-6-19-12/h3-4,7,10,12,17H,5-6,8-9H2,1-2H3. The molecule has 0 aromatic heterocycles. The molecule has 0 spiro atoms. The van der Waals surface area contributed by atoms with Crippen molar-refractivity contribution >= 4 is 0 Å². The molecule has 1 aromatic rings. The smallest absolute Gasteiger partial charge is 0.159 e. The van der Waals surface area contributed by atoms with Gasteiger partial charge in [0.1, 0.15) is 0 Å². The molecule has 3 nitrogen and oxygen atoms in total. The maximum Gasteiger partial charge on any atom is 0.159 e. The predicted octanol–water partition coefficient (Wildman–Crippen LogP) is 1.95. The van der Waals surface area contributed by atoms with Gasteiger partial charge < -0.3 is 10.1 Å². The van der Waals surface area contributed by atoms with Crippen LogP contribution in [0.4, 0.5) is 8.78 Å². The van der Waals surface area contributed by atoms with E-state index in [0.717, 1.165) is 31.8 Å². The van der Waals surface area contributed by atoms with Crippen LogP contribution >= 0.6 is 0 Å². The van der Waals surface area contributed by atoms with Gasteiger partial charge in [-0.2, -0.15) is 0 Å². The number of likely N-dealkylation sites (N-methyl/N-ethyl adjacent to an activating group) is 1. The summed E-state index contributed by atoms with van der Waals surface area (Å²) in [6.45, 7) is 5.17. The van der Waals surface area contributed by atoms with E-state index in [4.69, 9.17) is 4.74 Å². The Balaban J connectivity index is 1.97. The van der Waals surface area contributed by atoms with E-state index < -0.39 is 11.6 Å². The van der Waals surface area contributed by atoms with Crippen molar-refractivity contribution in [3.8, 4) is 0 Å². The molecule has 1 fully saturated rings. The Morgan fingerprint density at radius 3 is 2.84 bits per heavy atom. The van der Waals surface area contributed by atoms with Crippen LogP contribution in [0.25, 0.3) is 0 Å². The number of hydrogen-bond acceptors (Lipinski definition) is 3. The van der Waals surface area contributed by atoms with Crippen LogP contribution in [0.15, 0.2) is 18.2 Å². The van der Waals surface area contributed by atoms with E-state index in [9.17, 15) is 8.78 Å². The lowest BCUT2D eigenvalue weighted by atomic mass is 10.1. The van der Waals surface area contributed by atoms with Gasteiger partial charge in [0.2, 0.25) is 0 Å². The van der Waals surface area contributed by atoms with Gasteiger partial charge in [-0.3, -0.25) is 4.90 Å². The van der Waals surface area contributed by atoms with Gasteiger partial charge in [0.05, 0.1) is 12.7 Å². The zero-order valence-corrected chi connectivity index (χ0v) is 11.3. The third-order valence-electron chi connectivity index (χ3n) is 3.58. The van der Waals surface area contributed by atoms with Crippen LogP contribution in [0.3, 0.4) is 0 Å². The summed E-state index contributed by atoms with van der Waals surface area (Å²) in [7, 11) is 1.96. The first-order chi connectivity index (χ1) is 9.08. The van der Waals surface area contributed by atoms with Gasteiger partial charge >= 0.3 is 0 Å². The monoisotopic (exact) mass is 270 g/mol. The molecule has 5 heteroatoms. The van der Waals surface area contributed by atoms with E-state index in [-0.39, 0.29) is 12.1 Å². The van der Waals surface area contributed by atoms with Crippen molar-refractivity contribution in [3.05, 3.63) is 35.4 Å². The van der Waals surface area contributed by atoms with Crippen molar-refractivity contribution in [1.29, 1.82) is 0 Å². The van der Waals surface area contributed by atoms with E-state index in [2.05, 4.69) is 10.2 Å².